The number of methoxy groups -OCH3 is 1. The zero-order chi connectivity index (χ0) is 11.1. The average molecular weight is 215 g/mol. The zero-order valence-electron chi connectivity index (χ0n) is 10.3. The Morgan fingerprint density at radius 1 is 1.53 bits per heavy atom. The maximum absolute atomic E-state index is 5.81. The second-order valence-electron chi connectivity index (χ2n) is 4.40. The summed E-state index contributed by atoms with van der Waals surface area (Å²) in [5.74, 6) is 0.691. The third-order valence-corrected chi connectivity index (χ3v) is 3.17. The first-order chi connectivity index (χ1) is 7.29. The van der Waals surface area contributed by atoms with Crippen LogP contribution in [-0.4, -0.2) is 39.0 Å². The molecule has 1 heterocycles. The standard InChI is InChI=1S/C12H25NO2/c1-4-13-11(6-5-8-14-3)12-10(2)7-9-15-12/h10-13H,4-9H2,1-3H3. The Morgan fingerprint density at radius 2 is 2.33 bits per heavy atom. The van der Waals surface area contributed by atoms with Gasteiger partial charge in [-0.15, -0.1) is 0 Å². The molecule has 3 nitrogen and oxygen atoms in total. The van der Waals surface area contributed by atoms with Crippen LogP contribution in [-0.2, 0) is 9.47 Å². The summed E-state index contributed by atoms with van der Waals surface area (Å²) in [7, 11) is 1.76. The summed E-state index contributed by atoms with van der Waals surface area (Å²) in [6.07, 6.45) is 3.87. The van der Waals surface area contributed by atoms with E-state index in [4.69, 9.17) is 9.47 Å². The van der Waals surface area contributed by atoms with Gasteiger partial charge in [-0.1, -0.05) is 13.8 Å². The fourth-order valence-corrected chi connectivity index (χ4v) is 2.32. The molecule has 0 saturated carbocycles. The minimum absolute atomic E-state index is 0.404. The van der Waals surface area contributed by atoms with Crippen molar-refractivity contribution < 1.29 is 9.47 Å². The quantitative estimate of drug-likeness (QED) is 0.657. The van der Waals surface area contributed by atoms with E-state index in [1.165, 1.54) is 6.42 Å². The van der Waals surface area contributed by atoms with Gasteiger partial charge in [0.15, 0.2) is 0 Å². The zero-order valence-corrected chi connectivity index (χ0v) is 10.3. The van der Waals surface area contributed by atoms with Crippen molar-refractivity contribution in [3.05, 3.63) is 0 Å². The van der Waals surface area contributed by atoms with Crippen LogP contribution in [0.15, 0.2) is 0 Å². The average Bonchev–Trinajstić information content (AvgIpc) is 2.64. The molecule has 3 atom stereocenters. The molecule has 0 bridgehead atoms. The van der Waals surface area contributed by atoms with Crippen LogP contribution in [0.1, 0.15) is 33.1 Å². The van der Waals surface area contributed by atoms with Crippen LogP contribution in [0.4, 0.5) is 0 Å². The first kappa shape index (κ1) is 12.9. The number of hydrogen-bond donors (Lipinski definition) is 1. The molecule has 3 heteroatoms. The van der Waals surface area contributed by atoms with Crippen molar-refractivity contribution in [2.24, 2.45) is 5.92 Å². The highest BCUT2D eigenvalue weighted by Gasteiger charge is 2.30. The predicted molar refractivity (Wildman–Crippen MR) is 62.1 cm³/mol. The second-order valence-corrected chi connectivity index (χ2v) is 4.40. The molecule has 90 valence electrons. The molecule has 0 aliphatic carbocycles. The highest BCUT2D eigenvalue weighted by atomic mass is 16.5. The van der Waals surface area contributed by atoms with E-state index >= 15 is 0 Å². The van der Waals surface area contributed by atoms with Crippen molar-refractivity contribution in [1.82, 2.24) is 5.32 Å². The Bertz CT molecular complexity index is 164. The Labute approximate surface area is 93.5 Å². The van der Waals surface area contributed by atoms with Crippen molar-refractivity contribution in [3.63, 3.8) is 0 Å². The molecule has 1 saturated heterocycles. The Kier molecular flexibility index (Phi) is 6.22. The Morgan fingerprint density at radius 3 is 2.87 bits per heavy atom. The molecule has 1 N–H and O–H groups in total. The number of rotatable bonds is 7. The van der Waals surface area contributed by atoms with Crippen LogP contribution in [0.2, 0.25) is 0 Å². The number of nitrogens with one attached hydrogen (secondary N) is 1. The van der Waals surface area contributed by atoms with Gasteiger partial charge in [0.2, 0.25) is 0 Å². The van der Waals surface area contributed by atoms with Crippen molar-refractivity contribution in [2.75, 3.05) is 26.9 Å². The van der Waals surface area contributed by atoms with Gasteiger partial charge in [-0.2, -0.15) is 0 Å². The summed E-state index contributed by atoms with van der Waals surface area (Å²) >= 11 is 0. The summed E-state index contributed by atoms with van der Waals surface area (Å²) in [5.41, 5.74) is 0. The van der Waals surface area contributed by atoms with Crippen LogP contribution < -0.4 is 5.32 Å². The van der Waals surface area contributed by atoms with E-state index in [9.17, 15) is 0 Å². The number of hydrogen-bond acceptors (Lipinski definition) is 3. The van der Waals surface area contributed by atoms with Gasteiger partial charge in [0, 0.05) is 26.4 Å². The van der Waals surface area contributed by atoms with Crippen molar-refractivity contribution in [1.29, 1.82) is 0 Å². The van der Waals surface area contributed by atoms with E-state index in [0.29, 0.717) is 18.1 Å². The van der Waals surface area contributed by atoms with Gasteiger partial charge in [-0.3, -0.25) is 0 Å². The molecular weight excluding hydrogens is 190 g/mol. The summed E-state index contributed by atoms with van der Waals surface area (Å²) < 4.78 is 10.9. The molecule has 0 aromatic heterocycles. The maximum atomic E-state index is 5.81. The van der Waals surface area contributed by atoms with Crippen LogP contribution in [0.3, 0.4) is 0 Å². The van der Waals surface area contributed by atoms with Gasteiger partial charge >= 0.3 is 0 Å². The second kappa shape index (κ2) is 7.20. The van der Waals surface area contributed by atoms with E-state index < -0.39 is 0 Å². The molecule has 1 rings (SSSR count). The molecule has 0 spiro atoms. The summed E-state index contributed by atoms with van der Waals surface area (Å²) in [6.45, 7) is 7.24. The molecule has 0 aromatic carbocycles. The van der Waals surface area contributed by atoms with Crippen LogP contribution in [0.5, 0.6) is 0 Å². The monoisotopic (exact) mass is 215 g/mol. The number of likely N-dealkylation sites (N-methyl/N-ethyl adjacent to an activating group) is 1. The lowest BCUT2D eigenvalue weighted by Crippen LogP contribution is -2.42. The minimum atomic E-state index is 0.404. The highest BCUT2D eigenvalue weighted by molar-refractivity contribution is 4.84. The van der Waals surface area contributed by atoms with Crippen molar-refractivity contribution in [3.8, 4) is 0 Å². The molecule has 1 aliphatic heterocycles. The SMILES string of the molecule is CCNC(CCCOC)C1OCCC1C. The van der Waals surface area contributed by atoms with E-state index in [-0.39, 0.29) is 0 Å². The van der Waals surface area contributed by atoms with Gasteiger partial charge in [0.25, 0.3) is 0 Å². The topological polar surface area (TPSA) is 30.5 Å². The maximum Gasteiger partial charge on any atom is 0.0754 e. The third-order valence-electron chi connectivity index (χ3n) is 3.17. The normalized spacial score (nSPS) is 28.2. The van der Waals surface area contributed by atoms with E-state index in [1.807, 2.05) is 0 Å². The first-order valence-electron chi connectivity index (χ1n) is 6.13. The Balaban J connectivity index is 2.34. The summed E-state index contributed by atoms with van der Waals surface area (Å²) in [5, 5.41) is 3.53. The molecule has 0 radical (unpaired) electrons. The lowest BCUT2D eigenvalue weighted by molar-refractivity contribution is 0.0553. The smallest absolute Gasteiger partial charge is 0.0754 e. The molecule has 3 unspecified atom stereocenters. The lowest BCUT2D eigenvalue weighted by atomic mass is 9.94. The van der Waals surface area contributed by atoms with Gasteiger partial charge in [0.05, 0.1) is 6.10 Å². The third kappa shape index (κ3) is 4.09. The Hall–Kier alpha value is -0.120. The van der Waals surface area contributed by atoms with E-state index in [1.54, 1.807) is 7.11 Å². The van der Waals surface area contributed by atoms with Gasteiger partial charge < -0.3 is 14.8 Å². The largest absolute Gasteiger partial charge is 0.385 e. The molecule has 15 heavy (non-hydrogen) atoms. The van der Waals surface area contributed by atoms with Gasteiger partial charge in [-0.05, 0) is 31.7 Å². The van der Waals surface area contributed by atoms with Crippen LogP contribution in [0.25, 0.3) is 0 Å². The molecule has 1 fully saturated rings. The molecule has 0 amide bonds. The molecular formula is C12H25NO2. The lowest BCUT2D eigenvalue weighted by Gasteiger charge is -2.26. The summed E-state index contributed by atoms with van der Waals surface area (Å²) in [4.78, 5) is 0. The first-order valence-corrected chi connectivity index (χ1v) is 6.13. The fraction of sp³-hybridized carbons (Fsp3) is 1.00. The van der Waals surface area contributed by atoms with Crippen molar-refractivity contribution in [2.45, 2.75) is 45.3 Å². The van der Waals surface area contributed by atoms with Gasteiger partial charge in [-0.25, -0.2) is 0 Å². The van der Waals surface area contributed by atoms with Crippen molar-refractivity contribution >= 4 is 0 Å². The highest BCUT2D eigenvalue weighted by Crippen LogP contribution is 2.24. The van der Waals surface area contributed by atoms with Crippen LogP contribution in [0, 0.1) is 5.92 Å². The van der Waals surface area contributed by atoms with E-state index in [0.717, 1.165) is 32.6 Å². The van der Waals surface area contributed by atoms with Gasteiger partial charge in [0.1, 0.15) is 0 Å². The number of ether oxygens (including phenoxy) is 2. The van der Waals surface area contributed by atoms with Crippen LogP contribution >= 0.6 is 0 Å². The summed E-state index contributed by atoms with van der Waals surface area (Å²) in [6, 6.07) is 0.502. The molecule has 0 aromatic rings. The van der Waals surface area contributed by atoms with E-state index in [2.05, 4.69) is 19.2 Å². The fourth-order valence-electron chi connectivity index (χ4n) is 2.32. The minimum Gasteiger partial charge on any atom is -0.385 e. The molecule has 1 aliphatic rings. The predicted octanol–water partition coefficient (Wildman–Crippen LogP) is 1.82.